The quantitative estimate of drug-likeness (QED) is 0.753. The first kappa shape index (κ1) is 17.2. The van der Waals surface area contributed by atoms with Crippen LogP contribution in [0.25, 0.3) is 22.3 Å². The Bertz CT molecular complexity index is 925. The summed E-state index contributed by atoms with van der Waals surface area (Å²) in [4.78, 5) is 13.6. The molecular weight excluding hydrogens is 348 g/mol. The van der Waals surface area contributed by atoms with E-state index < -0.39 is 0 Å². The highest BCUT2D eigenvalue weighted by Gasteiger charge is 2.17. The number of fused-ring (bicyclic) bond motifs is 1. The van der Waals surface area contributed by atoms with E-state index in [4.69, 9.17) is 21.3 Å². The van der Waals surface area contributed by atoms with Crippen LogP contribution in [-0.4, -0.2) is 34.6 Å². The molecule has 0 amide bonds. The van der Waals surface area contributed by atoms with E-state index in [0.717, 1.165) is 35.4 Å². The van der Waals surface area contributed by atoms with Crippen LogP contribution in [0.3, 0.4) is 0 Å². The van der Waals surface area contributed by atoms with Crippen molar-refractivity contribution >= 4 is 22.6 Å². The first-order chi connectivity index (χ1) is 12.7. The number of piperidine rings is 1. The predicted octanol–water partition coefficient (Wildman–Crippen LogP) is 4.03. The van der Waals surface area contributed by atoms with Gasteiger partial charge in [-0.05, 0) is 44.0 Å². The number of benzene rings is 1. The van der Waals surface area contributed by atoms with E-state index in [1.54, 1.807) is 12.4 Å². The zero-order valence-electron chi connectivity index (χ0n) is 14.7. The fourth-order valence-corrected chi connectivity index (χ4v) is 3.60. The Morgan fingerprint density at radius 1 is 1.23 bits per heavy atom. The van der Waals surface area contributed by atoms with Gasteiger partial charge in [0.2, 0.25) is 5.88 Å². The molecule has 1 aliphatic heterocycles. The summed E-state index contributed by atoms with van der Waals surface area (Å²) in [6.07, 6.45) is 5.69. The molecule has 0 bridgehead atoms. The number of nitrogens with zero attached hydrogens (tertiary/aromatic N) is 3. The number of hydrogen-bond acceptors (Lipinski definition) is 5. The average molecular weight is 369 g/mol. The molecule has 1 aromatic carbocycles. The Morgan fingerprint density at radius 2 is 2.12 bits per heavy atom. The molecule has 4 rings (SSSR count). The van der Waals surface area contributed by atoms with Crippen LogP contribution in [0.2, 0.25) is 5.02 Å². The van der Waals surface area contributed by atoms with E-state index in [0.29, 0.717) is 28.9 Å². The van der Waals surface area contributed by atoms with Gasteiger partial charge in [-0.15, -0.1) is 0 Å². The Labute approximate surface area is 157 Å². The maximum Gasteiger partial charge on any atom is 0.242 e. The minimum atomic E-state index is 0.490. The maximum absolute atomic E-state index is 6.44. The molecule has 2 aromatic heterocycles. The van der Waals surface area contributed by atoms with Crippen LogP contribution in [0.1, 0.15) is 18.4 Å². The number of halogens is 1. The Hall–Kier alpha value is -2.24. The van der Waals surface area contributed by atoms with Crippen LogP contribution in [0.5, 0.6) is 5.88 Å². The van der Waals surface area contributed by atoms with Crippen LogP contribution in [0.4, 0.5) is 0 Å². The summed E-state index contributed by atoms with van der Waals surface area (Å²) in [5, 5.41) is 4.08. The second-order valence-electron chi connectivity index (χ2n) is 6.74. The third-order valence-electron chi connectivity index (χ3n) is 4.68. The lowest BCUT2D eigenvalue weighted by atomic mass is 10.0. The van der Waals surface area contributed by atoms with Gasteiger partial charge in [0.25, 0.3) is 0 Å². The van der Waals surface area contributed by atoms with E-state index in [1.807, 2.05) is 31.2 Å². The molecule has 1 saturated heterocycles. The molecule has 3 heterocycles. The molecule has 3 aromatic rings. The van der Waals surface area contributed by atoms with E-state index in [9.17, 15) is 0 Å². The Balaban J connectivity index is 1.70. The summed E-state index contributed by atoms with van der Waals surface area (Å²) in [6.45, 7) is 4.70. The summed E-state index contributed by atoms with van der Waals surface area (Å²) < 4.78 is 6.09. The smallest absolute Gasteiger partial charge is 0.242 e. The molecule has 1 fully saturated rings. The number of nitrogens with one attached hydrogen (secondary N) is 1. The fraction of sp³-hybridized carbons (Fsp3) is 0.350. The Morgan fingerprint density at radius 3 is 2.92 bits per heavy atom. The summed E-state index contributed by atoms with van der Waals surface area (Å²) in [5.74, 6) is 1.01. The van der Waals surface area contributed by atoms with Gasteiger partial charge in [-0.2, -0.15) is 0 Å². The van der Waals surface area contributed by atoms with E-state index in [1.165, 1.54) is 12.8 Å². The minimum absolute atomic E-state index is 0.490. The fourth-order valence-electron chi connectivity index (χ4n) is 3.27. The SMILES string of the molecule is Cc1ccc(-c2cc3nccnc3c(OC[C@H]3CCCNC3)n2)c(Cl)c1. The van der Waals surface area contributed by atoms with Gasteiger partial charge in [-0.3, -0.25) is 4.98 Å². The number of aromatic nitrogens is 3. The lowest BCUT2D eigenvalue weighted by molar-refractivity contribution is 0.214. The van der Waals surface area contributed by atoms with Gasteiger partial charge in [0.05, 0.1) is 22.8 Å². The number of aryl methyl sites for hydroxylation is 1. The molecule has 0 saturated carbocycles. The number of pyridine rings is 1. The van der Waals surface area contributed by atoms with E-state index in [-0.39, 0.29) is 0 Å². The number of hydrogen-bond donors (Lipinski definition) is 1. The van der Waals surface area contributed by atoms with Crippen LogP contribution in [-0.2, 0) is 0 Å². The molecule has 0 aliphatic carbocycles. The van der Waals surface area contributed by atoms with Crippen molar-refractivity contribution in [1.82, 2.24) is 20.3 Å². The third-order valence-corrected chi connectivity index (χ3v) is 4.99. The van der Waals surface area contributed by atoms with Gasteiger partial charge in [0.1, 0.15) is 0 Å². The molecule has 134 valence electrons. The van der Waals surface area contributed by atoms with Gasteiger partial charge in [0, 0.05) is 30.4 Å². The van der Waals surface area contributed by atoms with Crippen LogP contribution >= 0.6 is 11.6 Å². The molecule has 0 radical (unpaired) electrons. The standard InChI is InChI=1S/C20H21ClN4O/c1-13-4-5-15(16(21)9-13)17-10-18-19(24-8-7-23-18)20(25-17)26-12-14-3-2-6-22-11-14/h4-5,7-10,14,22H,2-3,6,11-12H2,1H3/t14-/m0/s1. The van der Waals surface area contributed by atoms with Crippen molar-refractivity contribution in [2.45, 2.75) is 19.8 Å². The van der Waals surface area contributed by atoms with Crippen molar-refractivity contribution < 1.29 is 4.74 Å². The van der Waals surface area contributed by atoms with Gasteiger partial charge < -0.3 is 10.1 Å². The first-order valence-corrected chi connectivity index (χ1v) is 9.30. The topological polar surface area (TPSA) is 59.9 Å². The molecule has 26 heavy (non-hydrogen) atoms. The third kappa shape index (κ3) is 3.64. The first-order valence-electron chi connectivity index (χ1n) is 8.92. The minimum Gasteiger partial charge on any atom is -0.476 e. The van der Waals surface area contributed by atoms with Crippen molar-refractivity contribution in [2.24, 2.45) is 5.92 Å². The molecule has 0 unspecified atom stereocenters. The largest absolute Gasteiger partial charge is 0.476 e. The van der Waals surface area contributed by atoms with Crippen molar-refractivity contribution in [1.29, 1.82) is 0 Å². The molecule has 1 atom stereocenters. The lowest BCUT2D eigenvalue weighted by Crippen LogP contribution is -2.33. The zero-order chi connectivity index (χ0) is 17.9. The maximum atomic E-state index is 6.44. The van der Waals surface area contributed by atoms with E-state index >= 15 is 0 Å². The molecular formula is C20H21ClN4O. The summed E-state index contributed by atoms with van der Waals surface area (Å²) >= 11 is 6.44. The monoisotopic (exact) mass is 368 g/mol. The van der Waals surface area contributed by atoms with Crippen LogP contribution in [0, 0.1) is 12.8 Å². The molecule has 0 spiro atoms. The predicted molar refractivity (Wildman–Crippen MR) is 104 cm³/mol. The van der Waals surface area contributed by atoms with Crippen molar-refractivity contribution in [3.05, 3.63) is 47.2 Å². The highest BCUT2D eigenvalue weighted by atomic mass is 35.5. The summed E-state index contributed by atoms with van der Waals surface area (Å²) in [6, 6.07) is 7.86. The molecule has 1 aliphatic rings. The van der Waals surface area contributed by atoms with Crippen LogP contribution in [0.15, 0.2) is 36.7 Å². The normalized spacial score (nSPS) is 17.4. The second kappa shape index (κ2) is 7.56. The molecule has 6 heteroatoms. The van der Waals surface area contributed by atoms with Gasteiger partial charge in [0.15, 0.2) is 5.52 Å². The molecule has 5 nitrogen and oxygen atoms in total. The zero-order valence-corrected chi connectivity index (χ0v) is 15.5. The summed E-state index contributed by atoms with van der Waals surface area (Å²) in [7, 11) is 0. The average Bonchev–Trinajstić information content (AvgIpc) is 2.67. The highest BCUT2D eigenvalue weighted by Crippen LogP contribution is 2.32. The van der Waals surface area contributed by atoms with Crippen molar-refractivity contribution in [3.63, 3.8) is 0 Å². The van der Waals surface area contributed by atoms with Gasteiger partial charge in [-0.1, -0.05) is 23.7 Å². The van der Waals surface area contributed by atoms with Gasteiger partial charge in [-0.25, -0.2) is 9.97 Å². The summed E-state index contributed by atoms with van der Waals surface area (Å²) in [5.41, 5.74) is 4.17. The van der Waals surface area contributed by atoms with Crippen molar-refractivity contribution in [2.75, 3.05) is 19.7 Å². The Kier molecular flexibility index (Phi) is 5.00. The second-order valence-corrected chi connectivity index (χ2v) is 7.15. The number of rotatable bonds is 4. The van der Waals surface area contributed by atoms with Crippen molar-refractivity contribution in [3.8, 4) is 17.1 Å². The lowest BCUT2D eigenvalue weighted by Gasteiger charge is -2.22. The van der Waals surface area contributed by atoms with E-state index in [2.05, 4.69) is 15.3 Å². The van der Waals surface area contributed by atoms with Crippen LogP contribution < -0.4 is 10.1 Å². The highest BCUT2D eigenvalue weighted by molar-refractivity contribution is 6.33. The number of ether oxygens (including phenoxy) is 1. The van der Waals surface area contributed by atoms with Gasteiger partial charge >= 0.3 is 0 Å². The molecule has 1 N–H and O–H groups in total.